The van der Waals surface area contributed by atoms with Crippen LogP contribution in [0.15, 0.2) is 84.9 Å². The number of hydrogen-bond acceptors (Lipinski definition) is 13. The van der Waals surface area contributed by atoms with Crippen molar-refractivity contribution >= 4 is 22.8 Å². The van der Waals surface area contributed by atoms with Crippen LogP contribution in [-0.2, 0) is 13.2 Å². The van der Waals surface area contributed by atoms with Crippen molar-refractivity contribution in [1.82, 2.24) is 24.9 Å². The highest BCUT2D eigenvalue weighted by Gasteiger charge is 2.40. The Bertz CT molecular complexity index is 2190. The summed E-state index contributed by atoms with van der Waals surface area (Å²) >= 11 is 5.50. The quantitative estimate of drug-likeness (QED) is 0.0979. The van der Waals surface area contributed by atoms with Crippen molar-refractivity contribution in [3.63, 3.8) is 0 Å². The lowest BCUT2D eigenvalue weighted by Crippen LogP contribution is -2.61. The van der Waals surface area contributed by atoms with Crippen molar-refractivity contribution in [3.05, 3.63) is 107 Å². The first kappa shape index (κ1) is 55.2. The topological polar surface area (TPSA) is 141 Å². The number of carbonyl (C=O) groups is 2. The van der Waals surface area contributed by atoms with E-state index in [0.29, 0.717) is 65.4 Å². The number of nitrogens with zero attached hydrogens (tertiary/aromatic N) is 4. The Labute approximate surface area is 428 Å². The normalized spacial score (nSPS) is 18.3. The van der Waals surface area contributed by atoms with Crippen molar-refractivity contribution in [2.45, 2.75) is 88.5 Å². The van der Waals surface area contributed by atoms with Gasteiger partial charge >= 0.3 is 0 Å². The molecule has 2 saturated carbocycles. The molecule has 0 aromatic heterocycles. The monoisotopic (exact) mass is 999 g/mol. The lowest BCUT2D eigenvalue weighted by molar-refractivity contribution is 0.0138. The number of benzene rings is 4. The number of rotatable bonds is 17. The molecule has 3 N–H and O–H groups in total. The van der Waals surface area contributed by atoms with Crippen molar-refractivity contribution in [3.8, 4) is 34.5 Å². The van der Waals surface area contributed by atoms with Gasteiger partial charge in [0.05, 0.1) is 28.4 Å². The molecule has 388 valence electrons. The molecular weight excluding hydrogens is 920 g/mol. The van der Waals surface area contributed by atoms with Crippen LogP contribution in [0, 0.1) is 0 Å². The second-order valence-corrected chi connectivity index (χ2v) is 19.6. The van der Waals surface area contributed by atoms with Gasteiger partial charge in [0.15, 0.2) is 23.0 Å². The first-order chi connectivity index (χ1) is 34.5. The maximum absolute atomic E-state index is 13.3. The second-order valence-electron chi connectivity index (χ2n) is 19.3. The van der Waals surface area contributed by atoms with E-state index in [4.69, 9.17) is 45.8 Å². The van der Waals surface area contributed by atoms with Crippen LogP contribution < -0.4 is 39.5 Å². The molecule has 4 fully saturated rings. The Morgan fingerprint density at radius 2 is 0.915 bits per heavy atom. The number of likely N-dealkylation sites (N-methyl/N-ethyl adjacent to an activating group) is 2. The van der Waals surface area contributed by atoms with E-state index < -0.39 is 5.24 Å². The Morgan fingerprint density at radius 3 is 1.28 bits per heavy atom. The van der Waals surface area contributed by atoms with E-state index in [0.717, 1.165) is 56.7 Å². The highest BCUT2D eigenvalue weighted by atomic mass is 35.5. The standard InChI is InChI=1S/C28H39N3O4.C16H15ClO4.C12H25N3/c1-30-14-16-31(17-15-30)28(12-8-5-9-13-28)21-29-27(32)23-18-24(33-2)26(25(19-23)34-3)35-20-22-10-6-4-7-11-22;1-19-13-8-12(16(17)18)9-14(20-2)15(13)21-10-11-6-4-3-5-7-11;1-14-7-9-15(10-8-14)12(11-13)5-3-2-4-6-12/h4,6-7,10-11,18-19H,5,8-9,12-17,20-21H2,1-3H3,(H,29,32);3-9H,10H2,1-2H3;2-11,13H2,1H3. The number of carbonyl (C=O) groups excluding carboxylic acids is 2. The van der Waals surface area contributed by atoms with Gasteiger partial charge in [0.2, 0.25) is 11.5 Å². The number of halogens is 1. The summed E-state index contributed by atoms with van der Waals surface area (Å²) in [4.78, 5) is 34.7. The van der Waals surface area contributed by atoms with Crippen molar-refractivity contribution in [1.29, 1.82) is 0 Å². The van der Waals surface area contributed by atoms with Gasteiger partial charge in [-0.3, -0.25) is 19.4 Å². The predicted molar refractivity (Wildman–Crippen MR) is 282 cm³/mol. The maximum Gasteiger partial charge on any atom is 0.252 e. The largest absolute Gasteiger partial charge is 0.493 e. The molecule has 4 aromatic carbocycles. The van der Waals surface area contributed by atoms with Gasteiger partial charge in [0.1, 0.15) is 13.2 Å². The van der Waals surface area contributed by atoms with E-state index in [1.54, 1.807) is 26.4 Å². The van der Waals surface area contributed by atoms with Crippen LogP contribution in [0.2, 0.25) is 0 Å². The molecule has 0 spiro atoms. The lowest BCUT2D eigenvalue weighted by atomic mass is 9.79. The molecule has 14 nitrogen and oxygen atoms in total. The molecule has 2 aliphatic heterocycles. The van der Waals surface area contributed by atoms with Gasteiger partial charge in [-0.05, 0) is 86.8 Å². The molecule has 15 heteroatoms. The molecule has 4 aliphatic rings. The van der Waals surface area contributed by atoms with Gasteiger partial charge < -0.3 is 49.3 Å². The van der Waals surface area contributed by atoms with Gasteiger partial charge in [-0.2, -0.15) is 0 Å². The van der Waals surface area contributed by atoms with Gasteiger partial charge in [-0.1, -0.05) is 99.2 Å². The van der Waals surface area contributed by atoms with Crippen molar-refractivity contribution < 1.29 is 38.0 Å². The second kappa shape index (κ2) is 27.7. The van der Waals surface area contributed by atoms with Gasteiger partial charge in [-0.25, -0.2) is 0 Å². The van der Waals surface area contributed by atoms with Crippen molar-refractivity contribution in [2.75, 3.05) is 108 Å². The van der Waals surface area contributed by atoms with Crippen LogP contribution >= 0.6 is 11.6 Å². The van der Waals surface area contributed by atoms with E-state index in [1.165, 1.54) is 104 Å². The lowest BCUT2D eigenvalue weighted by Gasteiger charge is -2.49. The van der Waals surface area contributed by atoms with Gasteiger partial charge in [0.25, 0.3) is 11.1 Å². The fourth-order valence-corrected chi connectivity index (χ4v) is 10.4. The molecule has 2 heterocycles. The molecule has 71 heavy (non-hydrogen) atoms. The summed E-state index contributed by atoms with van der Waals surface area (Å²) in [6.45, 7) is 11.4. The van der Waals surface area contributed by atoms with E-state index in [2.05, 4.69) is 39.0 Å². The van der Waals surface area contributed by atoms with Crippen LogP contribution in [0.4, 0.5) is 0 Å². The number of methoxy groups -OCH3 is 4. The van der Waals surface area contributed by atoms with Crippen LogP contribution in [0.3, 0.4) is 0 Å². The summed E-state index contributed by atoms with van der Waals surface area (Å²) in [6.07, 6.45) is 12.8. The summed E-state index contributed by atoms with van der Waals surface area (Å²) < 4.78 is 33.5. The Balaban J connectivity index is 0.000000193. The third kappa shape index (κ3) is 15.2. The van der Waals surface area contributed by atoms with Crippen LogP contribution in [-0.4, -0.2) is 150 Å². The fourth-order valence-electron chi connectivity index (χ4n) is 10.3. The van der Waals surface area contributed by atoms with E-state index in [1.807, 2.05) is 60.7 Å². The Morgan fingerprint density at radius 1 is 0.549 bits per heavy atom. The molecule has 1 amide bonds. The third-order valence-corrected chi connectivity index (χ3v) is 15.0. The maximum atomic E-state index is 13.3. The highest BCUT2D eigenvalue weighted by molar-refractivity contribution is 6.67. The summed E-state index contributed by atoms with van der Waals surface area (Å²) in [5, 5.41) is 2.67. The molecule has 0 atom stereocenters. The summed E-state index contributed by atoms with van der Waals surface area (Å²) in [6, 6.07) is 26.2. The Kier molecular flexibility index (Phi) is 21.5. The molecule has 0 unspecified atom stereocenters. The molecule has 0 bridgehead atoms. The predicted octanol–water partition coefficient (Wildman–Crippen LogP) is 8.52. The number of nitrogens with two attached hydrogens (primary N) is 1. The van der Waals surface area contributed by atoms with E-state index in [9.17, 15) is 9.59 Å². The van der Waals surface area contributed by atoms with E-state index in [-0.39, 0.29) is 17.0 Å². The SMILES string of the molecule is CN1CCN(C2(CN)CCCCC2)CC1.COc1cc(C(=O)Cl)cc(OC)c1OCc1ccccc1.COc1cc(C(=O)NCC2(N3CCN(C)CC3)CCCCC2)cc(OC)c1OCc1ccccc1. The molecule has 4 aromatic rings. The minimum atomic E-state index is -0.582. The zero-order valence-electron chi connectivity index (χ0n) is 43.1. The molecule has 8 rings (SSSR count). The van der Waals surface area contributed by atoms with Crippen molar-refractivity contribution in [2.24, 2.45) is 5.73 Å². The number of piperazine rings is 2. The average Bonchev–Trinajstić information content (AvgIpc) is 3.42. The van der Waals surface area contributed by atoms with Crippen LogP contribution in [0.5, 0.6) is 34.5 Å². The smallest absolute Gasteiger partial charge is 0.252 e. The first-order valence-electron chi connectivity index (χ1n) is 25.4. The summed E-state index contributed by atoms with van der Waals surface area (Å²) in [7, 11) is 10.5. The number of amides is 1. The minimum absolute atomic E-state index is 0.0437. The number of ether oxygens (including phenoxy) is 6. The highest BCUT2D eigenvalue weighted by Crippen LogP contribution is 2.41. The molecule has 0 radical (unpaired) electrons. The number of nitrogens with one attached hydrogen (secondary N) is 1. The van der Waals surface area contributed by atoms with E-state index >= 15 is 0 Å². The summed E-state index contributed by atoms with van der Waals surface area (Å²) in [5.74, 6) is 2.58. The fraction of sp³-hybridized carbons (Fsp3) is 0.536. The molecule has 2 saturated heterocycles. The first-order valence-corrected chi connectivity index (χ1v) is 25.8. The number of hydrogen-bond donors (Lipinski definition) is 2. The minimum Gasteiger partial charge on any atom is -0.493 e. The van der Waals surface area contributed by atoms with Crippen LogP contribution in [0.1, 0.15) is 96.1 Å². The molecule has 2 aliphatic carbocycles. The average molecular weight is 1000 g/mol. The summed E-state index contributed by atoms with van der Waals surface area (Å²) in [5.41, 5.74) is 9.31. The zero-order chi connectivity index (χ0) is 50.6. The van der Waals surface area contributed by atoms with Gasteiger partial charge in [0, 0.05) is 87.7 Å². The third-order valence-electron chi connectivity index (χ3n) is 14.7. The van der Waals surface area contributed by atoms with Gasteiger partial charge in [-0.15, -0.1) is 0 Å². The molecular formula is C56H79ClN6O8. The zero-order valence-corrected chi connectivity index (χ0v) is 43.9. The van der Waals surface area contributed by atoms with Crippen LogP contribution in [0.25, 0.3) is 0 Å². The Hall–Kier alpha value is -5.09.